The number of pyridine rings is 1. The standard InChI is InChI=1S/C32H31N3OSi/c1-24-19-30-31(35(24)27-17-15-25(21-33)16-18-27)20-26(22-34-30)23-36-37(32(2,3)4,28-11-7-5-8-12-28)29-13-9-6-10-14-29/h5-20,22H,23H2,1-4H3. The number of nitrogens with zero attached hydrogens (tertiary/aromatic N) is 3. The van der Waals surface area contributed by atoms with E-state index in [0.717, 1.165) is 28.0 Å². The lowest BCUT2D eigenvalue weighted by molar-refractivity contribution is 0.286. The molecule has 0 aliphatic heterocycles. The van der Waals surface area contributed by atoms with Crippen LogP contribution in [0.2, 0.25) is 5.04 Å². The van der Waals surface area contributed by atoms with Crippen molar-refractivity contribution in [1.29, 1.82) is 5.26 Å². The number of aryl methyl sites for hydroxylation is 1. The van der Waals surface area contributed by atoms with Crippen LogP contribution in [0.1, 0.15) is 37.6 Å². The van der Waals surface area contributed by atoms with Crippen molar-refractivity contribution >= 4 is 29.7 Å². The van der Waals surface area contributed by atoms with Gasteiger partial charge in [0.2, 0.25) is 0 Å². The second-order valence-electron chi connectivity index (χ2n) is 10.5. The minimum atomic E-state index is -2.65. The molecule has 0 aliphatic carbocycles. The monoisotopic (exact) mass is 501 g/mol. The van der Waals surface area contributed by atoms with E-state index in [4.69, 9.17) is 9.41 Å². The van der Waals surface area contributed by atoms with Crippen molar-refractivity contribution in [3.63, 3.8) is 0 Å². The van der Waals surface area contributed by atoms with Gasteiger partial charge in [-0.3, -0.25) is 4.98 Å². The van der Waals surface area contributed by atoms with E-state index in [1.807, 2.05) is 30.5 Å². The zero-order chi connectivity index (χ0) is 26.0. The van der Waals surface area contributed by atoms with Gasteiger partial charge in [-0.25, -0.2) is 0 Å². The summed E-state index contributed by atoms with van der Waals surface area (Å²) >= 11 is 0. The van der Waals surface area contributed by atoms with Gasteiger partial charge < -0.3 is 8.99 Å². The number of hydrogen-bond acceptors (Lipinski definition) is 3. The third-order valence-corrected chi connectivity index (χ3v) is 12.0. The van der Waals surface area contributed by atoms with E-state index < -0.39 is 8.32 Å². The summed E-state index contributed by atoms with van der Waals surface area (Å²) in [7, 11) is -2.65. The van der Waals surface area contributed by atoms with E-state index in [-0.39, 0.29) is 5.04 Å². The summed E-state index contributed by atoms with van der Waals surface area (Å²) in [5, 5.41) is 11.6. The van der Waals surface area contributed by atoms with Crippen molar-refractivity contribution in [3.8, 4) is 11.8 Å². The lowest BCUT2D eigenvalue weighted by Crippen LogP contribution is -2.66. The van der Waals surface area contributed by atoms with E-state index in [1.165, 1.54) is 10.4 Å². The zero-order valence-electron chi connectivity index (χ0n) is 21.8. The lowest BCUT2D eigenvalue weighted by atomic mass is 10.2. The van der Waals surface area contributed by atoms with Crippen molar-refractivity contribution < 1.29 is 4.43 Å². The Hall–Kier alpha value is -3.98. The molecular formula is C32H31N3OSi. The molecule has 2 aromatic heterocycles. The van der Waals surface area contributed by atoms with Crippen LogP contribution in [0.3, 0.4) is 0 Å². The molecule has 0 unspecified atom stereocenters. The SMILES string of the molecule is Cc1cc2ncc(CO[Si](c3ccccc3)(c3ccccc3)C(C)(C)C)cc2n1-c1ccc(C#N)cc1. The van der Waals surface area contributed by atoms with Gasteiger partial charge in [-0.05, 0) is 64.3 Å². The van der Waals surface area contributed by atoms with Crippen molar-refractivity contribution in [2.75, 3.05) is 0 Å². The molecule has 0 saturated heterocycles. The molecular weight excluding hydrogens is 470 g/mol. The van der Waals surface area contributed by atoms with Gasteiger partial charge in [0.15, 0.2) is 0 Å². The molecule has 4 nitrogen and oxygen atoms in total. The molecule has 5 rings (SSSR count). The van der Waals surface area contributed by atoms with Crippen LogP contribution in [0.15, 0.2) is 103 Å². The number of hydrogen-bond donors (Lipinski definition) is 0. The first kappa shape index (κ1) is 24.7. The Morgan fingerprint density at radius 1 is 0.865 bits per heavy atom. The van der Waals surface area contributed by atoms with Crippen LogP contribution in [0.25, 0.3) is 16.7 Å². The molecule has 2 heterocycles. The van der Waals surface area contributed by atoms with Gasteiger partial charge in [-0.1, -0.05) is 81.4 Å². The summed E-state index contributed by atoms with van der Waals surface area (Å²) in [6, 6.07) is 35.6. The van der Waals surface area contributed by atoms with Gasteiger partial charge >= 0.3 is 0 Å². The number of aromatic nitrogens is 2. The van der Waals surface area contributed by atoms with Crippen LogP contribution >= 0.6 is 0 Å². The van der Waals surface area contributed by atoms with E-state index >= 15 is 0 Å². The predicted molar refractivity (Wildman–Crippen MR) is 153 cm³/mol. The van der Waals surface area contributed by atoms with E-state index in [1.54, 1.807) is 0 Å². The number of nitriles is 1. The van der Waals surface area contributed by atoms with Crippen LogP contribution in [0.5, 0.6) is 0 Å². The van der Waals surface area contributed by atoms with Crippen LogP contribution < -0.4 is 10.4 Å². The highest BCUT2D eigenvalue weighted by Gasteiger charge is 2.50. The Labute approximate surface area is 219 Å². The average molecular weight is 502 g/mol. The zero-order valence-corrected chi connectivity index (χ0v) is 22.8. The second kappa shape index (κ2) is 9.82. The van der Waals surface area contributed by atoms with Crippen LogP contribution in [0.4, 0.5) is 0 Å². The molecule has 0 N–H and O–H groups in total. The largest absolute Gasteiger partial charge is 0.403 e. The lowest BCUT2D eigenvalue weighted by Gasteiger charge is -2.43. The van der Waals surface area contributed by atoms with Gasteiger partial charge in [-0.15, -0.1) is 0 Å². The summed E-state index contributed by atoms with van der Waals surface area (Å²) in [5.41, 5.74) is 5.77. The number of benzene rings is 3. The highest BCUT2D eigenvalue weighted by atomic mass is 28.4. The summed E-state index contributed by atoms with van der Waals surface area (Å²) in [4.78, 5) is 4.79. The fraction of sp³-hybridized carbons (Fsp3) is 0.188. The maximum atomic E-state index is 9.19. The maximum Gasteiger partial charge on any atom is 0.261 e. The highest BCUT2D eigenvalue weighted by Crippen LogP contribution is 2.37. The smallest absolute Gasteiger partial charge is 0.261 e. The topological polar surface area (TPSA) is 50.8 Å². The van der Waals surface area contributed by atoms with E-state index in [9.17, 15) is 5.26 Å². The molecule has 3 aromatic carbocycles. The van der Waals surface area contributed by atoms with Gasteiger partial charge in [0, 0.05) is 17.6 Å². The van der Waals surface area contributed by atoms with Gasteiger partial charge in [0.05, 0.1) is 29.3 Å². The van der Waals surface area contributed by atoms with Crippen molar-refractivity contribution in [1.82, 2.24) is 9.55 Å². The Kier molecular flexibility index (Phi) is 6.55. The first-order valence-electron chi connectivity index (χ1n) is 12.6. The summed E-state index contributed by atoms with van der Waals surface area (Å²) < 4.78 is 9.33. The second-order valence-corrected chi connectivity index (χ2v) is 14.8. The van der Waals surface area contributed by atoms with Crippen LogP contribution in [-0.2, 0) is 11.0 Å². The van der Waals surface area contributed by atoms with E-state index in [0.29, 0.717) is 12.2 Å². The Bertz CT molecular complexity index is 1520. The van der Waals surface area contributed by atoms with Crippen molar-refractivity contribution in [2.45, 2.75) is 39.3 Å². The Morgan fingerprint density at radius 3 is 2.00 bits per heavy atom. The molecule has 0 saturated carbocycles. The predicted octanol–water partition coefficient (Wildman–Crippen LogP) is 6.28. The third-order valence-electron chi connectivity index (χ3n) is 7.02. The minimum absolute atomic E-state index is 0.0907. The summed E-state index contributed by atoms with van der Waals surface area (Å²) in [5.74, 6) is 0. The average Bonchev–Trinajstić information content (AvgIpc) is 3.24. The summed E-state index contributed by atoms with van der Waals surface area (Å²) in [6.07, 6.45) is 1.93. The first-order valence-corrected chi connectivity index (χ1v) is 14.5. The van der Waals surface area contributed by atoms with Crippen LogP contribution in [0, 0.1) is 18.3 Å². The quantitative estimate of drug-likeness (QED) is 0.257. The molecule has 5 aromatic rings. The Morgan fingerprint density at radius 2 is 1.46 bits per heavy atom. The molecule has 0 fully saturated rings. The fourth-order valence-corrected chi connectivity index (χ4v) is 9.85. The molecule has 184 valence electrons. The normalized spacial score (nSPS) is 12.0. The highest BCUT2D eigenvalue weighted by molar-refractivity contribution is 6.99. The maximum absolute atomic E-state index is 9.19. The minimum Gasteiger partial charge on any atom is -0.403 e. The van der Waals surface area contributed by atoms with E-state index in [2.05, 4.69) is 111 Å². The molecule has 37 heavy (non-hydrogen) atoms. The number of fused-ring (bicyclic) bond motifs is 1. The van der Waals surface area contributed by atoms with Gasteiger partial charge in [0.25, 0.3) is 8.32 Å². The molecule has 0 atom stereocenters. The van der Waals surface area contributed by atoms with Crippen molar-refractivity contribution in [3.05, 3.63) is 120 Å². The van der Waals surface area contributed by atoms with Crippen molar-refractivity contribution in [2.24, 2.45) is 0 Å². The molecule has 0 amide bonds. The molecule has 0 aliphatic rings. The molecule has 5 heteroatoms. The number of rotatable bonds is 6. The molecule has 0 spiro atoms. The molecule has 0 bridgehead atoms. The van der Waals surface area contributed by atoms with Gasteiger partial charge in [-0.2, -0.15) is 5.26 Å². The Balaban J connectivity index is 1.58. The first-order chi connectivity index (χ1) is 17.8. The molecule has 0 radical (unpaired) electrons. The fourth-order valence-electron chi connectivity index (χ4n) is 5.31. The third kappa shape index (κ3) is 4.51. The van der Waals surface area contributed by atoms with Gasteiger partial charge in [0.1, 0.15) is 0 Å². The van der Waals surface area contributed by atoms with Crippen LogP contribution in [-0.4, -0.2) is 17.9 Å². The summed E-state index contributed by atoms with van der Waals surface area (Å²) in [6.45, 7) is 9.42.